The Hall–Kier alpha value is -15.9. The molecule has 21 rings (SSSR count). The van der Waals surface area contributed by atoms with E-state index in [1.54, 1.807) is 0 Å². The van der Waals surface area contributed by atoms with Gasteiger partial charge in [0.1, 0.15) is 0 Å². The molecule has 0 radical (unpaired) electrons. The highest BCUT2D eigenvalue weighted by Gasteiger charge is 2.30. The van der Waals surface area contributed by atoms with Crippen LogP contribution >= 0.6 is 0 Å². The molecule has 0 aliphatic rings. The fraction of sp³-hybridized carbons (Fsp3) is 0. The van der Waals surface area contributed by atoms with Gasteiger partial charge in [0.15, 0.2) is 0 Å². The van der Waals surface area contributed by atoms with Gasteiger partial charge in [0.2, 0.25) is 0 Å². The Balaban J connectivity index is 0.872. The quantitative estimate of drug-likeness (QED) is 0.0557. The number of benzene rings is 21. The van der Waals surface area contributed by atoms with Crippen molar-refractivity contribution >= 4 is 111 Å². The van der Waals surface area contributed by atoms with E-state index in [9.17, 15) is 0 Å². The summed E-state index contributed by atoms with van der Waals surface area (Å²) in [6, 6.07) is 178. The molecular formula is C116H80N4. The van der Waals surface area contributed by atoms with E-state index < -0.39 is 0 Å². The topological polar surface area (TPSA) is 13.0 Å². The maximum Gasteiger partial charge on any atom is 0.0561 e. The molecule has 120 heavy (non-hydrogen) atoms. The van der Waals surface area contributed by atoms with Crippen LogP contribution in [0.5, 0.6) is 0 Å². The van der Waals surface area contributed by atoms with Crippen LogP contribution in [-0.4, -0.2) is 0 Å². The number of rotatable bonds is 20. The molecule has 0 bridgehead atoms. The first kappa shape index (κ1) is 71.9. The Bertz CT molecular complexity index is 5930. The molecule has 4 nitrogen and oxygen atoms in total. The fourth-order valence-electron chi connectivity index (χ4n) is 17.7. The van der Waals surface area contributed by atoms with E-state index in [0.29, 0.717) is 0 Å². The average Bonchev–Trinajstić information content (AvgIpc) is 0.692. The highest BCUT2D eigenvalue weighted by Crippen LogP contribution is 2.56. The van der Waals surface area contributed by atoms with Crippen molar-refractivity contribution in [1.29, 1.82) is 0 Å². The molecule has 4 heteroatoms. The van der Waals surface area contributed by atoms with Crippen molar-refractivity contribution in [3.63, 3.8) is 0 Å². The lowest BCUT2D eigenvalue weighted by atomic mass is 9.86. The van der Waals surface area contributed by atoms with Gasteiger partial charge < -0.3 is 19.6 Å². The molecule has 0 aromatic heterocycles. The number of anilines is 12. The minimum atomic E-state index is 1.02. The standard InChI is InChI=1S/C116H80N4/c1-9-25-81(26-10-1)89-41-57-97(58-42-89)117(98-59-43-90(44-60-98)82-27-11-2-12-28-82)109-77-73-105-107-75-79-111(119(101-65-49-93(50-66-101)85-33-17-5-18-34-85)102-67-51-94(52-68-102)86-35-19-6-20-36-86)116-112(120(103-69-53-95(54-70-103)87-37-21-7-22-38-87)104-71-55-96(56-72-104)88-39-23-8-24-40-88)80-76-108(114(107)116)106-74-78-110(115(109)113(105)106)118(99-61-45-91(46-62-99)83-29-13-3-14-30-83)100-63-47-92(48-64-100)84-31-15-4-16-32-84/h1-80H. The summed E-state index contributed by atoms with van der Waals surface area (Å²) in [7, 11) is 0. The Morgan fingerprint density at radius 1 is 0.0917 bits per heavy atom. The summed E-state index contributed by atoms with van der Waals surface area (Å²) in [4.78, 5) is 9.99. The molecular weight excluding hydrogens is 1450 g/mol. The van der Waals surface area contributed by atoms with Crippen LogP contribution < -0.4 is 19.6 Å². The van der Waals surface area contributed by atoms with E-state index in [1.165, 1.54) is 0 Å². The van der Waals surface area contributed by atoms with E-state index in [1.807, 2.05) is 0 Å². The van der Waals surface area contributed by atoms with Crippen molar-refractivity contribution in [2.45, 2.75) is 0 Å². The first-order chi connectivity index (χ1) is 59.5. The SMILES string of the molecule is c1ccc(-c2ccc(N(c3ccc(-c4ccccc4)cc3)c3ccc4c5ccc(N(c6ccc(-c7ccccc7)cc6)c6ccc(-c7ccccc7)cc6)c6c(N(c7ccc(-c8ccccc8)cc7)c7ccc(-c8ccccc8)cc7)ccc(c7ccc(N(c8ccc(-c9ccccc9)cc8)c8ccc(-c9ccccc9)cc8)c3c47)c65)cc2)cc1. The number of fused-ring (bicyclic) bond motifs is 2. The molecule has 21 aromatic carbocycles. The first-order valence-electron chi connectivity index (χ1n) is 41.2. The predicted octanol–water partition coefficient (Wildman–Crippen LogP) is 33.0. The predicted molar refractivity (Wildman–Crippen MR) is 510 cm³/mol. The molecule has 0 aliphatic carbocycles. The maximum atomic E-state index is 2.50. The van der Waals surface area contributed by atoms with Crippen LogP contribution in [0.15, 0.2) is 485 Å². The molecule has 0 saturated heterocycles. The first-order valence-corrected chi connectivity index (χ1v) is 41.2. The smallest absolute Gasteiger partial charge is 0.0561 e. The highest BCUT2D eigenvalue weighted by atomic mass is 15.2. The second-order valence-corrected chi connectivity index (χ2v) is 30.7. The second kappa shape index (κ2) is 31.7. The summed E-state index contributed by atoms with van der Waals surface area (Å²) in [5.41, 5.74) is 30.7. The molecule has 0 atom stereocenters. The van der Waals surface area contributed by atoms with E-state index in [2.05, 4.69) is 505 Å². The van der Waals surface area contributed by atoms with Gasteiger partial charge in [-0.1, -0.05) is 364 Å². The summed E-state index contributed by atoms with van der Waals surface area (Å²) < 4.78 is 0. The van der Waals surface area contributed by atoms with E-state index in [0.717, 1.165) is 200 Å². The van der Waals surface area contributed by atoms with Crippen LogP contribution in [0.3, 0.4) is 0 Å². The third kappa shape index (κ3) is 13.7. The summed E-state index contributed by atoms with van der Waals surface area (Å²) in [6.45, 7) is 0. The van der Waals surface area contributed by atoms with Crippen LogP contribution in [0.4, 0.5) is 68.2 Å². The number of hydrogen-bond acceptors (Lipinski definition) is 4. The second-order valence-electron chi connectivity index (χ2n) is 30.7. The molecule has 0 N–H and O–H groups in total. The minimum Gasteiger partial charge on any atom is -0.310 e. The van der Waals surface area contributed by atoms with Gasteiger partial charge in [0.05, 0.1) is 22.7 Å². The van der Waals surface area contributed by atoms with Gasteiger partial charge in [-0.25, -0.2) is 0 Å². The van der Waals surface area contributed by atoms with Gasteiger partial charge in [-0.2, -0.15) is 0 Å². The van der Waals surface area contributed by atoms with Crippen molar-refractivity contribution < 1.29 is 0 Å². The van der Waals surface area contributed by atoms with Crippen molar-refractivity contribution in [3.8, 4) is 89.0 Å². The summed E-state index contributed by atoms with van der Waals surface area (Å²) >= 11 is 0. The lowest BCUT2D eigenvalue weighted by Crippen LogP contribution is -2.15. The number of nitrogens with zero attached hydrogens (tertiary/aromatic N) is 4. The van der Waals surface area contributed by atoms with E-state index in [-0.39, 0.29) is 0 Å². The molecule has 0 saturated carbocycles. The van der Waals surface area contributed by atoms with E-state index in [4.69, 9.17) is 0 Å². The molecule has 21 aromatic rings. The lowest BCUT2D eigenvalue weighted by molar-refractivity contribution is 1.27. The zero-order chi connectivity index (χ0) is 79.7. The third-order valence-corrected chi connectivity index (χ3v) is 23.6. The molecule has 0 fully saturated rings. The molecule has 0 spiro atoms. The summed E-state index contributed by atoms with van der Waals surface area (Å²) in [5, 5.41) is 8.98. The van der Waals surface area contributed by atoms with Crippen LogP contribution in [-0.2, 0) is 0 Å². The Morgan fingerprint density at radius 2 is 0.208 bits per heavy atom. The monoisotopic (exact) mass is 1530 g/mol. The highest BCUT2D eigenvalue weighted by molar-refractivity contribution is 6.38. The largest absolute Gasteiger partial charge is 0.310 e. The van der Waals surface area contributed by atoms with Crippen molar-refractivity contribution in [3.05, 3.63) is 485 Å². The lowest BCUT2D eigenvalue weighted by Gasteiger charge is -2.34. The Labute approximate surface area is 700 Å². The van der Waals surface area contributed by atoms with E-state index >= 15 is 0 Å². The van der Waals surface area contributed by atoms with Crippen LogP contribution in [0, 0.1) is 0 Å². The summed E-state index contributed by atoms with van der Waals surface area (Å²) in [5.74, 6) is 0. The van der Waals surface area contributed by atoms with Gasteiger partial charge in [0.25, 0.3) is 0 Å². The zero-order valence-electron chi connectivity index (χ0n) is 66.0. The van der Waals surface area contributed by atoms with Crippen molar-refractivity contribution in [2.24, 2.45) is 0 Å². The molecule has 564 valence electrons. The zero-order valence-corrected chi connectivity index (χ0v) is 66.0. The van der Waals surface area contributed by atoms with Gasteiger partial charge in [-0.3, -0.25) is 0 Å². The summed E-state index contributed by atoms with van der Waals surface area (Å²) in [6.07, 6.45) is 0. The normalized spacial score (nSPS) is 11.3. The third-order valence-electron chi connectivity index (χ3n) is 23.6. The van der Waals surface area contributed by atoms with Crippen LogP contribution in [0.2, 0.25) is 0 Å². The van der Waals surface area contributed by atoms with Crippen LogP contribution in [0.25, 0.3) is 132 Å². The molecule has 0 heterocycles. The fourth-order valence-corrected chi connectivity index (χ4v) is 17.7. The molecule has 0 aliphatic heterocycles. The van der Waals surface area contributed by atoms with Gasteiger partial charge >= 0.3 is 0 Å². The van der Waals surface area contributed by atoms with Crippen molar-refractivity contribution in [1.82, 2.24) is 0 Å². The molecule has 0 unspecified atom stereocenters. The molecule has 0 amide bonds. The van der Waals surface area contributed by atoms with Gasteiger partial charge in [0, 0.05) is 67.0 Å². The Morgan fingerprint density at radius 3 is 0.333 bits per heavy atom. The van der Waals surface area contributed by atoms with Crippen molar-refractivity contribution in [2.75, 3.05) is 19.6 Å². The van der Waals surface area contributed by atoms with Gasteiger partial charge in [-0.15, -0.1) is 0 Å². The number of hydrogen-bond donors (Lipinski definition) is 0. The van der Waals surface area contributed by atoms with Gasteiger partial charge in [-0.05, 0) is 232 Å². The minimum absolute atomic E-state index is 1.02. The maximum absolute atomic E-state index is 2.50. The van der Waals surface area contributed by atoms with Crippen LogP contribution in [0.1, 0.15) is 0 Å². The Kier molecular flexibility index (Phi) is 19.0. The average molecular weight is 1530 g/mol.